The largest absolute Gasteiger partial charge is 0.414 e. The van der Waals surface area contributed by atoms with Crippen molar-refractivity contribution in [3.8, 4) is 5.88 Å². The van der Waals surface area contributed by atoms with Gasteiger partial charge in [0.1, 0.15) is 0 Å². The Labute approximate surface area is 196 Å². The van der Waals surface area contributed by atoms with Gasteiger partial charge < -0.3 is 25.2 Å². The number of sulfonamides is 1. The van der Waals surface area contributed by atoms with Gasteiger partial charge in [-0.25, -0.2) is 22.9 Å². The number of hydrogen-bond donors (Lipinski definition) is 4. The van der Waals surface area contributed by atoms with Gasteiger partial charge >= 0.3 is 6.09 Å². The van der Waals surface area contributed by atoms with Gasteiger partial charge in [0, 0.05) is 44.1 Å². The summed E-state index contributed by atoms with van der Waals surface area (Å²) in [5, 5.41) is 13.6. The molecule has 0 saturated carbocycles. The maximum absolute atomic E-state index is 12.5. The van der Waals surface area contributed by atoms with Crippen molar-refractivity contribution in [2.75, 3.05) is 32.9 Å². The zero-order chi connectivity index (χ0) is 25.0. The Bertz CT molecular complexity index is 1070. The van der Waals surface area contributed by atoms with Crippen LogP contribution in [0, 0.1) is 0 Å². The molecule has 184 valence electrons. The normalized spacial score (nSPS) is 10.9. The molecule has 4 N–H and O–H groups in total. The first-order chi connectivity index (χ1) is 16.3. The predicted molar refractivity (Wildman–Crippen MR) is 120 cm³/mol. The molecule has 1 aromatic heterocycles. The van der Waals surface area contributed by atoms with Crippen molar-refractivity contribution < 1.29 is 37.4 Å². The lowest BCUT2D eigenvalue weighted by Crippen LogP contribution is -2.31. The first-order valence-electron chi connectivity index (χ1n) is 10.3. The Kier molecular flexibility index (Phi) is 10.4. The molecule has 2 aromatic rings. The van der Waals surface area contributed by atoms with Gasteiger partial charge in [0.2, 0.25) is 5.88 Å². The zero-order valence-electron chi connectivity index (χ0n) is 18.4. The number of aliphatic hydroxyl groups excluding tert-OH is 1. The summed E-state index contributed by atoms with van der Waals surface area (Å²) in [6, 6.07) is 7.54. The molecule has 0 spiro atoms. The number of aliphatic hydroxyl groups is 1. The fraction of sp³-hybridized carbons (Fsp3) is 0.333. The second-order valence-corrected chi connectivity index (χ2v) is 8.37. The summed E-state index contributed by atoms with van der Waals surface area (Å²) in [5.74, 6) is -1.43. The second kappa shape index (κ2) is 13.2. The highest BCUT2D eigenvalue weighted by molar-refractivity contribution is 7.90. The van der Waals surface area contributed by atoms with Gasteiger partial charge in [0.15, 0.2) is 0 Å². The molecule has 0 aliphatic heterocycles. The molecule has 3 amide bonds. The van der Waals surface area contributed by atoms with Crippen LogP contribution < -0.4 is 20.1 Å². The highest BCUT2D eigenvalue weighted by Gasteiger charge is 2.20. The van der Waals surface area contributed by atoms with Gasteiger partial charge in [0.05, 0.1) is 17.1 Å². The third kappa shape index (κ3) is 8.42. The minimum Gasteiger partial charge on any atom is -0.395 e. The molecular formula is C21H26N4O8S. The van der Waals surface area contributed by atoms with Gasteiger partial charge in [-0.2, -0.15) is 0 Å². The Hall–Kier alpha value is -3.55. The lowest BCUT2D eigenvalue weighted by molar-refractivity contribution is 0.0941. The standard InChI is InChI=1S/C21H26N4O8S/c1-2-32-13-3-10-22-19(27)15-4-7-17(8-5-15)34(30,31)25-20(28)16-6-9-18(24-14-16)33-21(29)23-11-12-26/h4-9,14,26H,2-3,10-13H2,1H3,(H,22,27)(H,23,29)(H,25,28). The van der Waals surface area contributed by atoms with Crippen LogP contribution >= 0.6 is 0 Å². The molecule has 1 aromatic carbocycles. The molecule has 13 heteroatoms. The van der Waals surface area contributed by atoms with Crippen LogP contribution in [0.2, 0.25) is 0 Å². The van der Waals surface area contributed by atoms with E-state index in [1.54, 1.807) is 0 Å². The molecular weight excluding hydrogens is 468 g/mol. The van der Waals surface area contributed by atoms with E-state index in [0.717, 1.165) is 6.20 Å². The van der Waals surface area contributed by atoms with Gasteiger partial charge in [-0.1, -0.05) is 0 Å². The van der Waals surface area contributed by atoms with Crippen LogP contribution in [0.3, 0.4) is 0 Å². The SMILES string of the molecule is CCOCCCNC(=O)c1ccc(S(=O)(=O)NC(=O)c2ccc(OC(=O)NCCO)nc2)cc1. The van der Waals surface area contributed by atoms with Crippen LogP contribution in [-0.2, 0) is 14.8 Å². The summed E-state index contributed by atoms with van der Waals surface area (Å²) in [6.45, 7) is 3.15. The highest BCUT2D eigenvalue weighted by Crippen LogP contribution is 2.13. The first-order valence-corrected chi connectivity index (χ1v) is 11.8. The molecule has 0 aliphatic rings. The van der Waals surface area contributed by atoms with E-state index in [4.69, 9.17) is 14.6 Å². The van der Waals surface area contributed by atoms with Gasteiger partial charge in [-0.05, 0) is 43.7 Å². The summed E-state index contributed by atoms with van der Waals surface area (Å²) >= 11 is 0. The molecule has 0 unspecified atom stereocenters. The molecule has 0 bridgehead atoms. The van der Waals surface area contributed by atoms with Crippen LogP contribution in [0.5, 0.6) is 5.88 Å². The fourth-order valence-corrected chi connectivity index (χ4v) is 3.49. The lowest BCUT2D eigenvalue weighted by atomic mass is 10.2. The number of pyridine rings is 1. The van der Waals surface area contributed by atoms with E-state index in [-0.39, 0.29) is 41.0 Å². The van der Waals surface area contributed by atoms with Crippen LogP contribution in [0.15, 0.2) is 47.5 Å². The van der Waals surface area contributed by atoms with E-state index in [2.05, 4.69) is 15.6 Å². The minimum atomic E-state index is -4.21. The van der Waals surface area contributed by atoms with Crippen molar-refractivity contribution in [1.82, 2.24) is 20.3 Å². The van der Waals surface area contributed by atoms with E-state index >= 15 is 0 Å². The number of aromatic nitrogens is 1. The van der Waals surface area contributed by atoms with E-state index in [1.165, 1.54) is 36.4 Å². The van der Waals surface area contributed by atoms with E-state index in [1.807, 2.05) is 11.6 Å². The fourth-order valence-electron chi connectivity index (χ4n) is 2.51. The molecule has 12 nitrogen and oxygen atoms in total. The average Bonchev–Trinajstić information content (AvgIpc) is 2.82. The Balaban J connectivity index is 1.94. The molecule has 2 rings (SSSR count). The number of carbonyl (C=O) groups excluding carboxylic acids is 3. The van der Waals surface area contributed by atoms with Crippen molar-refractivity contribution in [3.63, 3.8) is 0 Å². The Morgan fingerprint density at radius 2 is 1.68 bits per heavy atom. The number of ether oxygens (including phenoxy) is 2. The van der Waals surface area contributed by atoms with Crippen molar-refractivity contribution in [2.45, 2.75) is 18.2 Å². The third-order valence-electron chi connectivity index (χ3n) is 4.19. The molecule has 34 heavy (non-hydrogen) atoms. The van der Waals surface area contributed by atoms with E-state index < -0.39 is 22.0 Å². The molecule has 0 aliphatic carbocycles. The lowest BCUT2D eigenvalue weighted by Gasteiger charge is -2.09. The van der Waals surface area contributed by atoms with Crippen LogP contribution in [0.1, 0.15) is 34.1 Å². The van der Waals surface area contributed by atoms with Gasteiger partial charge in [-0.15, -0.1) is 0 Å². The summed E-state index contributed by atoms with van der Waals surface area (Å²) in [6.07, 6.45) is 0.846. The van der Waals surface area contributed by atoms with Gasteiger partial charge in [-0.3, -0.25) is 9.59 Å². The number of carbonyl (C=O) groups is 3. The summed E-state index contributed by atoms with van der Waals surface area (Å²) in [7, 11) is -4.21. The number of nitrogens with zero attached hydrogens (tertiary/aromatic N) is 1. The predicted octanol–water partition coefficient (Wildman–Crippen LogP) is 0.437. The summed E-state index contributed by atoms with van der Waals surface area (Å²) in [5.41, 5.74) is 0.180. The van der Waals surface area contributed by atoms with Crippen molar-refractivity contribution in [2.24, 2.45) is 0 Å². The number of benzene rings is 1. The van der Waals surface area contributed by atoms with Crippen LogP contribution in [0.25, 0.3) is 0 Å². The zero-order valence-corrected chi connectivity index (χ0v) is 19.3. The average molecular weight is 495 g/mol. The number of nitrogens with one attached hydrogen (secondary N) is 3. The minimum absolute atomic E-state index is 0.00267. The van der Waals surface area contributed by atoms with Crippen molar-refractivity contribution in [3.05, 3.63) is 53.7 Å². The highest BCUT2D eigenvalue weighted by atomic mass is 32.2. The molecule has 0 fully saturated rings. The maximum Gasteiger partial charge on any atom is 0.414 e. The first kappa shape index (κ1) is 26.7. The molecule has 0 atom stereocenters. The second-order valence-electron chi connectivity index (χ2n) is 6.69. The van der Waals surface area contributed by atoms with Crippen LogP contribution in [-0.4, -0.2) is 69.3 Å². The number of hydrogen-bond acceptors (Lipinski definition) is 9. The van der Waals surface area contributed by atoms with E-state index in [9.17, 15) is 22.8 Å². The number of amides is 3. The summed E-state index contributed by atoms with van der Waals surface area (Å²) in [4.78, 5) is 39.4. The molecule has 0 saturated heterocycles. The maximum atomic E-state index is 12.5. The van der Waals surface area contributed by atoms with Gasteiger partial charge in [0.25, 0.3) is 21.8 Å². The molecule has 0 radical (unpaired) electrons. The van der Waals surface area contributed by atoms with Crippen molar-refractivity contribution in [1.29, 1.82) is 0 Å². The topological polar surface area (TPSA) is 173 Å². The third-order valence-corrected chi connectivity index (χ3v) is 5.53. The quantitative estimate of drug-likeness (QED) is 0.305. The smallest absolute Gasteiger partial charge is 0.395 e. The monoisotopic (exact) mass is 494 g/mol. The van der Waals surface area contributed by atoms with Crippen molar-refractivity contribution >= 4 is 27.9 Å². The van der Waals surface area contributed by atoms with Crippen LogP contribution in [0.4, 0.5) is 4.79 Å². The summed E-state index contributed by atoms with van der Waals surface area (Å²) < 4.78 is 37.0. The Morgan fingerprint density at radius 3 is 2.29 bits per heavy atom. The van der Waals surface area contributed by atoms with E-state index in [0.29, 0.717) is 26.2 Å². The number of rotatable bonds is 12. The Morgan fingerprint density at radius 1 is 0.971 bits per heavy atom. The molecule has 1 heterocycles.